The monoisotopic (exact) mass is 223 g/mol. The number of rotatable bonds is 5. The molecule has 0 amide bonds. The van der Waals surface area contributed by atoms with E-state index < -0.39 is 0 Å². The van der Waals surface area contributed by atoms with Crippen molar-refractivity contribution in [3.05, 3.63) is 22.4 Å². The second-order valence-electron chi connectivity index (χ2n) is 4.62. The van der Waals surface area contributed by atoms with Crippen molar-refractivity contribution in [3.8, 4) is 0 Å². The first-order chi connectivity index (χ1) is 7.36. The lowest BCUT2D eigenvalue weighted by atomic mass is 10.00. The van der Waals surface area contributed by atoms with Crippen LogP contribution in [0.5, 0.6) is 0 Å². The summed E-state index contributed by atoms with van der Waals surface area (Å²) in [7, 11) is 0. The first-order valence-electron chi connectivity index (χ1n) is 6.12. The molecular weight excluding hydrogens is 202 g/mol. The molecule has 1 saturated carbocycles. The van der Waals surface area contributed by atoms with Crippen molar-refractivity contribution in [1.29, 1.82) is 0 Å². The maximum atomic E-state index is 3.67. The van der Waals surface area contributed by atoms with Gasteiger partial charge in [-0.3, -0.25) is 0 Å². The Morgan fingerprint density at radius 2 is 2.27 bits per heavy atom. The number of nitrogens with one attached hydrogen (secondary N) is 1. The summed E-state index contributed by atoms with van der Waals surface area (Å²) in [6.07, 6.45) is 6.96. The minimum atomic E-state index is 0.715. The number of thiophene rings is 1. The SMILES string of the molecule is C[C@H](NCCc1cccs1)C1CCCC1. The zero-order valence-corrected chi connectivity index (χ0v) is 10.4. The van der Waals surface area contributed by atoms with Crippen molar-refractivity contribution in [3.63, 3.8) is 0 Å². The van der Waals surface area contributed by atoms with Gasteiger partial charge in [0.05, 0.1) is 0 Å². The van der Waals surface area contributed by atoms with E-state index in [0.29, 0.717) is 6.04 Å². The van der Waals surface area contributed by atoms with Crippen LogP contribution >= 0.6 is 11.3 Å². The van der Waals surface area contributed by atoms with Gasteiger partial charge in [-0.1, -0.05) is 18.9 Å². The second kappa shape index (κ2) is 5.66. The Bertz CT molecular complexity index is 262. The van der Waals surface area contributed by atoms with E-state index in [9.17, 15) is 0 Å². The summed E-state index contributed by atoms with van der Waals surface area (Å²) in [4.78, 5) is 1.50. The number of hydrogen-bond donors (Lipinski definition) is 1. The first kappa shape index (κ1) is 11.2. The van der Waals surface area contributed by atoms with Gasteiger partial charge in [0, 0.05) is 17.5 Å². The van der Waals surface area contributed by atoms with Crippen LogP contribution in [0.1, 0.15) is 37.5 Å². The average Bonchev–Trinajstić information content (AvgIpc) is 2.90. The Kier molecular flexibility index (Phi) is 4.21. The lowest BCUT2D eigenvalue weighted by Gasteiger charge is -2.20. The van der Waals surface area contributed by atoms with Crippen LogP contribution < -0.4 is 5.32 Å². The van der Waals surface area contributed by atoms with Crippen molar-refractivity contribution >= 4 is 11.3 Å². The van der Waals surface area contributed by atoms with Gasteiger partial charge >= 0.3 is 0 Å². The molecule has 1 atom stereocenters. The fraction of sp³-hybridized carbons (Fsp3) is 0.692. The van der Waals surface area contributed by atoms with E-state index in [2.05, 4.69) is 29.8 Å². The molecule has 1 fully saturated rings. The summed E-state index contributed by atoms with van der Waals surface area (Å²) >= 11 is 1.87. The molecule has 1 nitrogen and oxygen atoms in total. The van der Waals surface area contributed by atoms with Gasteiger partial charge in [-0.15, -0.1) is 11.3 Å². The minimum Gasteiger partial charge on any atom is -0.314 e. The van der Waals surface area contributed by atoms with E-state index in [0.717, 1.165) is 12.5 Å². The van der Waals surface area contributed by atoms with E-state index in [1.165, 1.54) is 37.0 Å². The Balaban J connectivity index is 1.64. The topological polar surface area (TPSA) is 12.0 Å². The average molecular weight is 223 g/mol. The normalized spacial score (nSPS) is 19.5. The van der Waals surface area contributed by atoms with Crippen LogP contribution in [-0.4, -0.2) is 12.6 Å². The molecule has 0 aliphatic heterocycles. The van der Waals surface area contributed by atoms with Crippen LogP contribution in [0.25, 0.3) is 0 Å². The van der Waals surface area contributed by atoms with E-state index in [-0.39, 0.29) is 0 Å². The molecule has 1 aliphatic rings. The van der Waals surface area contributed by atoms with E-state index >= 15 is 0 Å². The Morgan fingerprint density at radius 1 is 1.47 bits per heavy atom. The van der Waals surface area contributed by atoms with Crippen LogP contribution in [0.2, 0.25) is 0 Å². The molecule has 1 aromatic rings. The third-order valence-corrected chi connectivity index (χ3v) is 4.46. The first-order valence-corrected chi connectivity index (χ1v) is 7.00. The van der Waals surface area contributed by atoms with Gasteiger partial charge in [-0.25, -0.2) is 0 Å². The molecule has 0 radical (unpaired) electrons. The Labute approximate surface area is 96.9 Å². The Hall–Kier alpha value is -0.340. The molecule has 84 valence electrons. The summed E-state index contributed by atoms with van der Waals surface area (Å²) in [5, 5.41) is 5.83. The maximum absolute atomic E-state index is 3.67. The largest absolute Gasteiger partial charge is 0.314 e. The highest BCUT2D eigenvalue weighted by Gasteiger charge is 2.20. The molecule has 0 aromatic carbocycles. The standard InChI is InChI=1S/C13H21NS/c1-11(12-5-2-3-6-12)14-9-8-13-7-4-10-15-13/h4,7,10-12,14H,2-3,5-6,8-9H2,1H3/t11-/m0/s1. The second-order valence-corrected chi connectivity index (χ2v) is 5.65. The summed E-state index contributed by atoms with van der Waals surface area (Å²) in [5.74, 6) is 0.938. The van der Waals surface area contributed by atoms with Crippen LogP contribution in [-0.2, 0) is 6.42 Å². The van der Waals surface area contributed by atoms with Gasteiger partial charge < -0.3 is 5.32 Å². The summed E-state index contributed by atoms with van der Waals surface area (Å²) in [6, 6.07) is 5.08. The van der Waals surface area contributed by atoms with Gasteiger partial charge in [-0.05, 0) is 43.6 Å². The van der Waals surface area contributed by atoms with E-state index in [4.69, 9.17) is 0 Å². The van der Waals surface area contributed by atoms with Gasteiger partial charge in [0.1, 0.15) is 0 Å². The molecule has 1 aromatic heterocycles. The lowest BCUT2D eigenvalue weighted by Crippen LogP contribution is -2.33. The highest BCUT2D eigenvalue weighted by molar-refractivity contribution is 7.09. The summed E-state index contributed by atoms with van der Waals surface area (Å²) in [5.41, 5.74) is 0. The fourth-order valence-electron chi connectivity index (χ4n) is 2.50. The van der Waals surface area contributed by atoms with E-state index in [1.807, 2.05) is 11.3 Å². The molecule has 15 heavy (non-hydrogen) atoms. The van der Waals surface area contributed by atoms with Crippen LogP contribution in [0.15, 0.2) is 17.5 Å². The van der Waals surface area contributed by atoms with E-state index in [1.54, 1.807) is 0 Å². The molecule has 1 heterocycles. The van der Waals surface area contributed by atoms with Crippen LogP contribution in [0.3, 0.4) is 0 Å². The van der Waals surface area contributed by atoms with Gasteiger partial charge in [0.15, 0.2) is 0 Å². The van der Waals surface area contributed by atoms with Gasteiger partial charge in [-0.2, -0.15) is 0 Å². The third kappa shape index (κ3) is 3.32. The molecule has 0 bridgehead atoms. The van der Waals surface area contributed by atoms with Crippen molar-refractivity contribution in [2.24, 2.45) is 5.92 Å². The Morgan fingerprint density at radius 3 is 2.93 bits per heavy atom. The van der Waals surface area contributed by atoms with Crippen molar-refractivity contribution in [2.45, 2.75) is 45.1 Å². The fourth-order valence-corrected chi connectivity index (χ4v) is 3.21. The van der Waals surface area contributed by atoms with Crippen LogP contribution in [0, 0.1) is 5.92 Å². The smallest absolute Gasteiger partial charge is 0.00671 e. The van der Waals surface area contributed by atoms with Gasteiger partial charge in [0.25, 0.3) is 0 Å². The quantitative estimate of drug-likeness (QED) is 0.806. The molecule has 2 rings (SSSR count). The molecule has 1 N–H and O–H groups in total. The molecule has 2 heteroatoms. The predicted octanol–water partition coefficient (Wildman–Crippen LogP) is 3.46. The van der Waals surface area contributed by atoms with Crippen molar-refractivity contribution < 1.29 is 0 Å². The molecule has 0 spiro atoms. The maximum Gasteiger partial charge on any atom is 0.00671 e. The van der Waals surface area contributed by atoms with Gasteiger partial charge in [0.2, 0.25) is 0 Å². The summed E-state index contributed by atoms with van der Waals surface area (Å²) < 4.78 is 0. The lowest BCUT2D eigenvalue weighted by molar-refractivity contribution is 0.384. The van der Waals surface area contributed by atoms with Crippen LogP contribution in [0.4, 0.5) is 0 Å². The van der Waals surface area contributed by atoms with Crippen molar-refractivity contribution in [2.75, 3.05) is 6.54 Å². The zero-order valence-electron chi connectivity index (χ0n) is 9.54. The number of hydrogen-bond acceptors (Lipinski definition) is 2. The third-order valence-electron chi connectivity index (χ3n) is 3.52. The highest BCUT2D eigenvalue weighted by atomic mass is 32.1. The molecule has 0 unspecified atom stereocenters. The zero-order chi connectivity index (χ0) is 10.5. The molecule has 0 saturated heterocycles. The molecule has 1 aliphatic carbocycles. The predicted molar refractivity (Wildman–Crippen MR) is 67.4 cm³/mol. The summed E-state index contributed by atoms with van der Waals surface area (Å²) in [6.45, 7) is 3.49. The molecular formula is C13H21NS. The minimum absolute atomic E-state index is 0.715. The highest BCUT2D eigenvalue weighted by Crippen LogP contribution is 2.27. The van der Waals surface area contributed by atoms with Crippen molar-refractivity contribution in [1.82, 2.24) is 5.32 Å².